The molecule has 0 radical (unpaired) electrons. The van der Waals surface area contributed by atoms with Crippen LogP contribution in [0.3, 0.4) is 0 Å². The Kier molecular flexibility index (Phi) is 6.90. The standard InChI is InChI=1S/C21H20N6O3S2/c1-12-6-8-22-13(2)18(12)30-16-9-14(31-17-5-3-4-7-23-17)10-24-20(16)26-21-25-19(27-32-21)15(29)11-28/h3-10,15,28-29H,11H2,1-2H3,(H,24,25,26,27). The average molecular weight is 469 g/mol. The third kappa shape index (κ3) is 5.19. The zero-order chi connectivity index (χ0) is 22.5. The van der Waals surface area contributed by atoms with Gasteiger partial charge in [-0.25, -0.2) is 15.0 Å². The molecule has 0 spiro atoms. The van der Waals surface area contributed by atoms with Gasteiger partial charge < -0.3 is 20.3 Å². The number of aliphatic hydroxyl groups excluding tert-OH is 2. The van der Waals surface area contributed by atoms with Crippen LogP contribution in [0.25, 0.3) is 0 Å². The van der Waals surface area contributed by atoms with Crippen molar-refractivity contribution >= 4 is 34.2 Å². The van der Waals surface area contributed by atoms with Crippen molar-refractivity contribution in [2.75, 3.05) is 11.9 Å². The first-order chi connectivity index (χ1) is 15.5. The summed E-state index contributed by atoms with van der Waals surface area (Å²) in [6, 6.07) is 9.45. The molecule has 0 saturated carbocycles. The SMILES string of the molecule is Cc1ccnc(C)c1Oc1cc(Sc2ccccn2)cnc1Nc1nc(C(O)CO)ns1. The Morgan fingerprint density at radius 1 is 1.16 bits per heavy atom. The molecular weight excluding hydrogens is 448 g/mol. The molecule has 4 rings (SSSR count). The van der Waals surface area contributed by atoms with Crippen LogP contribution >= 0.6 is 23.3 Å². The zero-order valence-corrected chi connectivity index (χ0v) is 18.9. The Bertz CT molecular complexity index is 1190. The highest BCUT2D eigenvalue weighted by Crippen LogP contribution is 2.37. The van der Waals surface area contributed by atoms with E-state index in [1.54, 1.807) is 18.6 Å². The molecule has 11 heteroatoms. The van der Waals surface area contributed by atoms with Gasteiger partial charge in [0.25, 0.3) is 0 Å². The van der Waals surface area contributed by atoms with E-state index in [0.29, 0.717) is 22.4 Å². The summed E-state index contributed by atoms with van der Waals surface area (Å²) in [6.45, 7) is 3.37. The lowest BCUT2D eigenvalue weighted by Gasteiger charge is -2.15. The van der Waals surface area contributed by atoms with Crippen LogP contribution in [-0.4, -0.2) is 41.1 Å². The van der Waals surface area contributed by atoms with Gasteiger partial charge in [0.15, 0.2) is 23.1 Å². The lowest BCUT2D eigenvalue weighted by molar-refractivity contribution is 0.0897. The van der Waals surface area contributed by atoms with E-state index in [9.17, 15) is 5.11 Å². The molecule has 4 aromatic rings. The van der Waals surface area contributed by atoms with Crippen LogP contribution in [0, 0.1) is 13.8 Å². The second-order valence-electron chi connectivity index (χ2n) is 6.71. The van der Waals surface area contributed by atoms with Crippen molar-refractivity contribution in [1.82, 2.24) is 24.3 Å². The van der Waals surface area contributed by atoms with Gasteiger partial charge in [0.1, 0.15) is 11.1 Å². The molecule has 4 heterocycles. The summed E-state index contributed by atoms with van der Waals surface area (Å²) in [5.74, 6) is 1.69. The smallest absolute Gasteiger partial charge is 0.208 e. The van der Waals surface area contributed by atoms with Gasteiger partial charge in [0, 0.05) is 41.1 Å². The number of anilines is 2. The highest BCUT2D eigenvalue weighted by molar-refractivity contribution is 7.99. The predicted octanol–water partition coefficient (Wildman–Crippen LogP) is 4.05. The number of nitrogens with zero attached hydrogens (tertiary/aromatic N) is 5. The number of nitrogens with one attached hydrogen (secondary N) is 1. The van der Waals surface area contributed by atoms with E-state index in [4.69, 9.17) is 9.84 Å². The number of rotatable bonds is 8. The van der Waals surface area contributed by atoms with Gasteiger partial charge in [-0.05, 0) is 37.6 Å². The number of hydrogen-bond donors (Lipinski definition) is 3. The fourth-order valence-electron chi connectivity index (χ4n) is 2.73. The topological polar surface area (TPSA) is 126 Å². The molecule has 1 atom stereocenters. The Morgan fingerprint density at radius 2 is 2.03 bits per heavy atom. The largest absolute Gasteiger partial charge is 0.451 e. The normalized spacial score (nSPS) is 11.9. The lowest BCUT2D eigenvalue weighted by atomic mass is 10.2. The maximum absolute atomic E-state index is 9.74. The van der Waals surface area contributed by atoms with E-state index < -0.39 is 12.7 Å². The minimum absolute atomic E-state index is 0.142. The molecule has 0 amide bonds. The van der Waals surface area contributed by atoms with Crippen LogP contribution in [0.5, 0.6) is 11.5 Å². The Hall–Kier alpha value is -3.12. The molecule has 3 N–H and O–H groups in total. The van der Waals surface area contributed by atoms with Crippen molar-refractivity contribution in [3.05, 3.63) is 66.0 Å². The van der Waals surface area contributed by atoms with E-state index in [1.165, 1.54) is 11.8 Å². The number of aryl methyl sites for hydroxylation is 2. The van der Waals surface area contributed by atoms with Crippen molar-refractivity contribution < 1.29 is 14.9 Å². The molecule has 0 aliphatic carbocycles. The first-order valence-corrected chi connectivity index (χ1v) is 11.2. The maximum atomic E-state index is 9.74. The van der Waals surface area contributed by atoms with Crippen molar-refractivity contribution in [2.45, 2.75) is 29.9 Å². The minimum Gasteiger partial charge on any atom is -0.451 e. The molecule has 1 unspecified atom stereocenters. The van der Waals surface area contributed by atoms with Crippen molar-refractivity contribution in [3.8, 4) is 11.5 Å². The summed E-state index contributed by atoms with van der Waals surface area (Å²) in [6.07, 6.45) is 4.04. The van der Waals surface area contributed by atoms with Gasteiger partial charge in [-0.1, -0.05) is 17.8 Å². The van der Waals surface area contributed by atoms with E-state index >= 15 is 0 Å². The summed E-state index contributed by atoms with van der Waals surface area (Å²) >= 11 is 2.51. The first-order valence-electron chi connectivity index (χ1n) is 9.62. The second-order valence-corrected chi connectivity index (χ2v) is 8.56. The maximum Gasteiger partial charge on any atom is 0.208 e. The fourth-order valence-corrected chi connectivity index (χ4v) is 4.12. The van der Waals surface area contributed by atoms with Gasteiger partial charge >= 0.3 is 0 Å². The molecule has 0 aromatic carbocycles. The van der Waals surface area contributed by atoms with Crippen LogP contribution in [0.1, 0.15) is 23.2 Å². The van der Waals surface area contributed by atoms with Crippen molar-refractivity contribution in [1.29, 1.82) is 0 Å². The first kappa shape index (κ1) is 22.1. The third-order valence-electron chi connectivity index (χ3n) is 4.32. The average Bonchev–Trinajstić information content (AvgIpc) is 3.27. The number of aliphatic hydroxyl groups is 2. The van der Waals surface area contributed by atoms with Crippen LogP contribution < -0.4 is 10.1 Å². The summed E-state index contributed by atoms with van der Waals surface area (Å²) in [4.78, 5) is 18.2. The predicted molar refractivity (Wildman–Crippen MR) is 122 cm³/mol. The molecule has 164 valence electrons. The fraction of sp³-hybridized carbons (Fsp3) is 0.190. The molecule has 0 aliphatic rings. The molecular formula is C21H20N6O3S2. The molecule has 32 heavy (non-hydrogen) atoms. The van der Waals surface area contributed by atoms with Crippen LogP contribution in [-0.2, 0) is 0 Å². The summed E-state index contributed by atoms with van der Waals surface area (Å²) < 4.78 is 10.3. The molecule has 0 bridgehead atoms. The van der Waals surface area contributed by atoms with Gasteiger partial charge in [-0.2, -0.15) is 4.37 Å². The third-order valence-corrected chi connectivity index (χ3v) is 5.87. The van der Waals surface area contributed by atoms with Gasteiger partial charge in [-0.3, -0.25) is 4.98 Å². The van der Waals surface area contributed by atoms with Gasteiger partial charge in [0.2, 0.25) is 5.13 Å². The zero-order valence-electron chi connectivity index (χ0n) is 17.3. The van der Waals surface area contributed by atoms with E-state index in [0.717, 1.165) is 32.7 Å². The lowest BCUT2D eigenvalue weighted by Crippen LogP contribution is -2.05. The summed E-state index contributed by atoms with van der Waals surface area (Å²) in [7, 11) is 0. The number of aromatic nitrogens is 5. The highest BCUT2D eigenvalue weighted by atomic mass is 32.2. The highest BCUT2D eigenvalue weighted by Gasteiger charge is 2.17. The van der Waals surface area contributed by atoms with Gasteiger partial charge in [-0.15, -0.1) is 0 Å². The minimum atomic E-state index is -1.14. The van der Waals surface area contributed by atoms with Crippen LogP contribution in [0.4, 0.5) is 10.9 Å². The summed E-state index contributed by atoms with van der Waals surface area (Å²) in [5, 5.41) is 23.2. The van der Waals surface area contributed by atoms with E-state index in [1.807, 2.05) is 44.2 Å². The Morgan fingerprint density at radius 3 is 2.78 bits per heavy atom. The van der Waals surface area contributed by atoms with E-state index in [2.05, 4.69) is 29.6 Å². The van der Waals surface area contributed by atoms with Crippen molar-refractivity contribution in [2.24, 2.45) is 0 Å². The van der Waals surface area contributed by atoms with Crippen molar-refractivity contribution in [3.63, 3.8) is 0 Å². The Balaban J connectivity index is 1.67. The quantitative estimate of drug-likeness (QED) is 0.348. The van der Waals surface area contributed by atoms with Crippen LogP contribution in [0.2, 0.25) is 0 Å². The van der Waals surface area contributed by atoms with Crippen LogP contribution in [0.15, 0.2) is 58.8 Å². The molecule has 0 aliphatic heterocycles. The molecule has 4 aromatic heterocycles. The second kappa shape index (κ2) is 10.0. The van der Waals surface area contributed by atoms with E-state index in [-0.39, 0.29) is 5.82 Å². The number of hydrogen-bond acceptors (Lipinski definition) is 11. The van der Waals surface area contributed by atoms with Gasteiger partial charge in [0.05, 0.1) is 12.3 Å². The summed E-state index contributed by atoms with van der Waals surface area (Å²) in [5.41, 5.74) is 1.69. The number of pyridine rings is 3. The number of ether oxygens (including phenoxy) is 1. The Labute approximate surface area is 192 Å². The molecule has 0 saturated heterocycles. The molecule has 0 fully saturated rings. The molecule has 9 nitrogen and oxygen atoms in total. The monoisotopic (exact) mass is 468 g/mol.